The van der Waals surface area contributed by atoms with Gasteiger partial charge >= 0.3 is 6.01 Å². The lowest BCUT2D eigenvalue weighted by molar-refractivity contribution is -0.0408. The number of fused-ring (bicyclic) bond motifs is 1. The van der Waals surface area contributed by atoms with Crippen LogP contribution in [-0.4, -0.2) is 35.3 Å². The van der Waals surface area contributed by atoms with Gasteiger partial charge in [0, 0.05) is 26.0 Å². The highest BCUT2D eigenvalue weighted by atomic mass is 19.3. The molecule has 6 nitrogen and oxygen atoms in total. The van der Waals surface area contributed by atoms with Crippen molar-refractivity contribution in [2.75, 3.05) is 13.7 Å². The number of rotatable bonds is 6. The third-order valence-electron chi connectivity index (χ3n) is 5.45. The summed E-state index contributed by atoms with van der Waals surface area (Å²) < 4.78 is 45.8. The molecule has 1 saturated carbocycles. The van der Waals surface area contributed by atoms with Gasteiger partial charge in [0.15, 0.2) is 6.10 Å². The van der Waals surface area contributed by atoms with Crippen LogP contribution in [0.2, 0.25) is 0 Å². The maximum atomic E-state index is 13.7. The quantitative estimate of drug-likeness (QED) is 0.735. The van der Waals surface area contributed by atoms with Gasteiger partial charge in [0.1, 0.15) is 12.4 Å². The summed E-state index contributed by atoms with van der Waals surface area (Å²) in [6.07, 6.45) is 0.965. The van der Waals surface area contributed by atoms with Crippen LogP contribution in [0.15, 0.2) is 35.1 Å². The van der Waals surface area contributed by atoms with Crippen molar-refractivity contribution in [2.45, 2.75) is 56.8 Å². The SMILES string of the molecule is COCc1cc(=O)nc2n1C[C@@H](COc1ccc(C3CCCC(F)(F)C3)cc1)O2. The molecule has 0 spiro atoms. The molecular weight excluding hydrogens is 382 g/mol. The van der Waals surface area contributed by atoms with Crippen molar-refractivity contribution in [3.8, 4) is 11.8 Å². The van der Waals surface area contributed by atoms with Crippen molar-refractivity contribution in [3.63, 3.8) is 0 Å². The molecule has 29 heavy (non-hydrogen) atoms. The number of alkyl halides is 2. The van der Waals surface area contributed by atoms with Crippen LogP contribution in [0.4, 0.5) is 8.78 Å². The Kier molecular flexibility index (Phi) is 5.54. The molecule has 1 aliphatic carbocycles. The summed E-state index contributed by atoms with van der Waals surface area (Å²) in [5, 5.41) is 0. The lowest BCUT2D eigenvalue weighted by Gasteiger charge is -2.29. The van der Waals surface area contributed by atoms with E-state index in [1.54, 1.807) is 7.11 Å². The lowest BCUT2D eigenvalue weighted by atomic mass is 9.82. The van der Waals surface area contributed by atoms with Crippen molar-refractivity contribution in [2.24, 2.45) is 0 Å². The van der Waals surface area contributed by atoms with E-state index in [2.05, 4.69) is 4.98 Å². The van der Waals surface area contributed by atoms with Crippen LogP contribution in [0.5, 0.6) is 11.8 Å². The molecule has 0 bridgehead atoms. The van der Waals surface area contributed by atoms with Crippen molar-refractivity contribution < 1.29 is 23.0 Å². The van der Waals surface area contributed by atoms with E-state index in [0.717, 1.165) is 12.0 Å². The van der Waals surface area contributed by atoms with E-state index in [0.29, 0.717) is 31.0 Å². The van der Waals surface area contributed by atoms with E-state index in [9.17, 15) is 13.6 Å². The summed E-state index contributed by atoms with van der Waals surface area (Å²) in [6, 6.07) is 9.05. The first-order valence-electron chi connectivity index (χ1n) is 9.80. The number of hydrogen-bond donors (Lipinski definition) is 0. The van der Waals surface area contributed by atoms with Crippen LogP contribution in [-0.2, 0) is 17.9 Å². The highest BCUT2D eigenvalue weighted by Gasteiger charge is 2.36. The highest BCUT2D eigenvalue weighted by Crippen LogP contribution is 2.41. The van der Waals surface area contributed by atoms with Gasteiger partial charge in [-0.05, 0) is 36.5 Å². The molecule has 2 aliphatic rings. The average molecular weight is 406 g/mol. The van der Waals surface area contributed by atoms with Crippen molar-refractivity contribution in [1.82, 2.24) is 9.55 Å². The predicted molar refractivity (Wildman–Crippen MR) is 102 cm³/mol. The van der Waals surface area contributed by atoms with Crippen LogP contribution >= 0.6 is 0 Å². The Bertz CT molecular complexity index is 914. The summed E-state index contributed by atoms with van der Waals surface area (Å²) in [5.41, 5.74) is 1.26. The monoisotopic (exact) mass is 406 g/mol. The Morgan fingerprint density at radius 2 is 2.10 bits per heavy atom. The standard InChI is InChI=1S/C21H24F2N2O4/c1-27-12-16-9-19(26)24-20-25(16)11-18(29-20)13-28-17-6-4-14(5-7-17)15-3-2-8-21(22,23)10-15/h4-7,9,15,18H,2-3,8,10-13H2,1H3/t15?,18-/m0/s1. The van der Waals surface area contributed by atoms with Gasteiger partial charge in [-0.25, -0.2) is 8.78 Å². The third kappa shape index (κ3) is 4.58. The van der Waals surface area contributed by atoms with Crippen molar-refractivity contribution in [3.05, 3.63) is 51.9 Å². The van der Waals surface area contributed by atoms with Gasteiger partial charge in [-0.1, -0.05) is 12.1 Å². The zero-order valence-electron chi connectivity index (χ0n) is 16.3. The van der Waals surface area contributed by atoms with E-state index in [1.807, 2.05) is 28.8 Å². The molecule has 2 atom stereocenters. The van der Waals surface area contributed by atoms with Gasteiger partial charge in [0.05, 0.1) is 18.8 Å². The molecule has 0 N–H and O–H groups in total. The first-order chi connectivity index (χ1) is 13.9. The minimum Gasteiger partial charge on any atom is -0.490 e. The van der Waals surface area contributed by atoms with Gasteiger partial charge in [0.25, 0.3) is 5.56 Å². The van der Waals surface area contributed by atoms with Gasteiger partial charge in [-0.15, -0.1) is 0 Å². The Morgan fingerprint density at radius 3 is 2.83 bits per heavy atom. The second-order valence-electron chi connectivity index (χ2n) is 7.68. The molecule has 1 aliphatic heterocycles. The smallest absolute Gasteiger partial charge is 0.300 e. The Labute approximate surface area is 167 Å². The number of benzene rings is 1. The molecule has 0 radical (unpaired) electrons. The topological polar surface area (TPSA) is 62.6 Å². The van der Waals surface area contributed by atoms with Crippen molar-refractivity contribution >= 4 is 0 Å². The molecule has 1 aromatic heterocycles. The molecule has 2 aromatic rings. The minimum atomic E-state index is -2.57. The molecule has 1 aromatic carbocycles. The zero-order valence-corrected chi connectivity index (χ0v) is 16.3. The second-order valence-corrected chi connectivity index (χ2v) is 7.68. The summed E-state index contributed by atoms with van der Waals surface area (Å²) in [7, 11) is 1.56. The highest BCUT2D eigenvalue weighted by molar-refractivity contribution is 5.30. The molecule has 0 saturated heterocycles. The summed E-state index contributed by atoms with van der Waals surface area (Å²) in [5.74, 6) is -2.02. The van der Waals surface area contributed by atoms with Crippen LogP contribution in [0.25, 0.3) is 0 Å². The Morgan fingerprint density at radius 1 is 1.31 bits per heavy atom. The molecule has 0 amide bonds. The van der Waals surface area contributed by atoms with E-state index < -0.39 is 5.92 Å². The maximum Gasteiger partial charge on any atom is 0.300 e. The molecule has 1 fully saturated rings. The Balaban J connectivity index is 1.35. The Hall–Kier alpha value is -2.48. The van der Waals surface area contributed by atoms with Gasteiger partial charge in [-0.2, -0.15) is 4.98 Å². The van der Waals surface area contributed by atoms with E-state index in [4.69, 9.17) is 14.2 Å². The fourth-order valence-corrected chi connectivity index (χ4v) is 4.04. The van der Waals surface area contributed by atoms with Gasteiger partial charge in [0.2, 0.25) is 5.92 Å². The first-order valence-corrected chi connectivity index (χ1v) is 9.80. The molecule has 8 heteroatoms. The van der Waals surface area contributed by atoms with Crippen molar-refractivity contribution in [1.29, 1.82) is 0 Å². The molecule has 1 unspecified atom stereocenters. The molecule has 156 valence electrons. The van der Waals surface area contributed by atoms with Crippen LogP contribution in [0.1, 0.15) is 42.9 Å². The maximum absolute atomic E-state index is 13.7. The summed E-state index contributed by atoms with van der Waals surface area (Å²) >= 11 is 0. The number of halogens is 2. The predicted octanol–water partition coefficient (Wildman–Crippen LogP) is 3.52. The van der Waals surface area contributed by atoms with Gasteiger partial charge in [-0.3, -0.25) is 9.36 Å². The van der Waals surface area contributed by atoms with E-state index >= 15 is 0 Å². The van der Waals surface area contributed by atoms with Gasteiger partial charge < -0.3 is 14.2 Å². The number of hydrogen-bond acceptors (Lipinski definition) is 5. The number of nitrogens with zero attached hydrogens (tertiary/aromatic N) is 2. The fraction of sp³-hybridized carbons (Fsp3) is 0.524. The molecular formula is C21H24F2N2O4. The average Bonchev–Trinajstić information content (AvgIpc) is 3.09. The largest absolute Gasteiger partial charge is 0.490 e. The van der Waals surface area contributed by atoms with Crippen LogP contribution in [0, 0.1) is 0 Å². The lowest BCUT2D eigenvalue weighted by Crippen LogP contribution is -2.25. The number of aromatic nitrogens is 2. The normalized spacial score (nSPS) is 22.7. The zero-order chi connectivity index (χ0) is 20.4. The first kappa shape index (κ1) is 19.8. The van der Waals surface area contributed by atoms with E-state index in [-0.39, 0.29) is 43.0 Å². The summed E-state index contributed by atoms with van der Waals surface area (Å²) in [6.45, 7) is 1.09. The second kappa shape index (κ2) is 8.10. The fourth-order valence-electron chi connectivity index (χ4n) is 4.04. The minimum absolute atomic E-state index is 0.0126. The molecule has 2 heterocycles. The van der Waals surface area contributed by atoms with E-state index in [1.165, 1.54) is 6.07 Å². The summed E-state index contributed by atoms with van der Waals surface area (Å²) in [4.78, 5) is 15.6. The third-order valence-corrected chi connectivity index (χ3v) is 5.45. The number of ether oxygens (including phenoxy) is 3. The molecule has 4 rings (SSSR count). The van der Waals surface area contributed by atoms with Crippen LogP contribution < -0.4 is 15.0 Å². The number of methoxy groups -OCH3 is 1. The van der Waals surface area contributed by atoms with Crippen LogP contribution in [0.3, 0.4) is 0 Å².